The minimum absolute atomic E-state index is 0.134. The van der Waals surface area contributed by atoms with E-state index in [1.165, 1.54) is 37.2 Å². The predicted molar refractivity (Wildman–Crippen MR) is 64.3 cm³/mol. The van der Waals surface area contributed by atoms with Gasteiger partial charge in [0.2, 0.25) is 0 Å². The molecule has 0 aromatic carbocycles. The highest BCUT2D eigenvalue weighted by Crippen LogP contribution is 2.19. The SMILES string of the molecule is CCN(C(=O)c1cncc(O)c1)C(C)(C)C(=O)O. The van der Waals surface area contributed by atoms with E-state index in [9.17, 15) is 14.7 Å². The Kier molecular flexibility index (Phi) is 3.90. The number of aliphatic carboxylic acids is 1. The number of carbonyl (C=O) groups is 2. The quantitative estimate of drug-likeness (QED) is 0.837. The van der Waals surface area contributed by atoms with Crippen molar-refractivity contribution in [2.45, 2.75) is 26.3 Å². The summed E-state index contributed by atoms with van der Waals surface area (Å²) in [4.78, 5) is 28.3. The van der Waals surface area contributed by atoms with Gasteiger partial charge in [-0.15, -0.1) is 0 Å². The van der Waals surface area contributed by atoms with Crippen LogP contribution in [-0.4, -0.2) is 44.1 Å². The molecule has 0 bridgehead atoms. The van der Waals surface area contributed by atoms with Gasteiger partial charge in [0, 0.05) is 12.7 Å². The molecule has 2 N–H and O–H groups in total. The van der Waals surface area contributed by atoms with Gasteiger partial charge in [-0.05, 0) is 26.8 Å². The summed E-state index contributed by atoms with van der Waals surface area (Å²) < 4.78 is 0. The molecule has 6 heteroatoms. The lowest BCUT2D eigenvalue weighted by molar-refractivity contribution is -0.147. The van der Waals surface area contributed by atoms with Crippen LogP contribution in [0, 0.1) is 0 Å². The van der Waals surface area contributed by atoms with Gasteiger partial charge in [-0.25, -0.2) is 4.79 Å². The summed E-state index contributed by atoms with van der Waals surface area (Å²) in [5.41, 5.74) is -1.16. The number of pyridine rings is 1. The number of carboxylic acid groups (broad SMARTS) is 1. The highest BCUT2D eigenvalue weighted by molar-refractivity contribution is 5.97. The molecule has 0 radical (unpaired) electrons. The van der Waals surface area contributed by atoms with Crippen LogP contribution in [0.5, 0.6) is 5.75 Å². The maximum absolute atomic E-state index is 12.2. The Morgan fingerprint density at radius 1 is 1.39 bits per heavy atom. The molecule has 0 unspecified atom stereocenters. The van der Waals surface area contributed by atoms with E-state index in [0.717, 1.165) is 0 Å². The molecule has 1 heterocycles. The number of carboxylic acids is 1. The van der Waals surface area contributed by atoms with Gasteiger partial charge in [0.1, 0.15) is 11.3 Å². The zero-order chi connectivity index (χ0) is 13.9. The van der Waals surface area contributed by atoms with Gasteiger partial charge >= 0.3 is 5.97 Å². The number of carbonyl (C=O) groups excluding carboxylic acids is 1. The molecular weight excluding hydrogens is 236 g/mol. The van der Waals surface area contributed by atoms with Crippen LogP contribution in [0.3, 0.4) is 0 Å². The molecule has 18 heavy (non-hydrogen) atoms. The van der Waals surface area contributed by atoms with E-state index in [-0.39, 0.29) is 17.9 Å². The van der Waals surface area contributed by atoms with Crippen molar-refractivity contribution in [1.29, 1.82) is 0 Å². The Hall–Kier alpha value is -2.11. The molecule has 0 aliphatic rings. The van der Waals surface area contributed by atoms with Crippen LogP contribution in [0.4, 0.5) is 0 Å². The highest BCUT2D eigenvalue weighted by Gasteiger charge is 2.37. The largest absolute Gasteiger partial charge is 0.506 e. The van der Waals surface area contributed by atoms with Crippen LogP contribution in [0.25, 0.3) is 0 Å². The van der Waals surface area contributed by atoms with Gasteiger partial charge in [0.05, 0.1) is 11.8 Å². The second kappa shape index (κ2) is 5.03. The number of nitrogens with zero attached hydrogens (tertiary/aromatic N) is 2. The highest BCUT2D eigenvalue weighted by atomic mass is 16.4. The number of hydrogen-bond acceptors (Lipinski definition) is 4. The summed E-state index contributed by atoms with van der Waals surface area (Å²) >= 11 is 0. The maximum Gasteiger partial charge on any atom is 0.329 e. The van der Waals surface area contributed by atoms with Crippen LogP contribution in [-0.2, 0) is 4.79 Å². The minimum atomic E-state index is -1.32. The summed E-state index contributed by atoms with van der Waals surface area (Å²) in [7, 11) is 0. The molecule has 0 atom stereocenters. The molecule has 1 aromatic heterocycles. The Balaban J connectivity index is 3.11. The van der Waals surface area contributed by atoms with Crippen molar-refractivity contribution in [3.05, 3.63) is 24.0 Å². The number of likely N-dealkylation sites (N-methyl/N-ethyl adjacent to an activating group) is 1. The van der Waals surface area contributed by atoms with Gasteiger partial charge < -0.3 is 15.1 Å². The molecule has 0 aliphatic carbocycles. The van der Waals surface area contributed by atoms with Crippen molar-refractivity contribution in [1.82, 2.24) is 9.88 Å². The summed E-state index contributed by atoms with van der Waals surface area (Å²) in [5.74, 6) is -1.70. The zero-order valence-corrected chi connectivity index (χ0v) is 10.5. The molecule has 1 amide bonds. The fourth-order valence-electron chi connectivity index (χ4n) is 1.61. The lowest BCUT2D eigenvalue weighted by atomic mass is 10.0. The van der Waals surface area contributed by atoms with Crippen molar-refractivity contribution in [2.24, 2.45) is 0 Å². The topological polar surface area (TPSA) is 90.7 Å². The first-order valence-electron chi connectivity index (χ1n) is 5.50. The second-order valence-corrected chi connectivity index (χ2v) is 4.35. The molecule has 0 spiro atoms. The van der Waals surface area contributed by atoms with E-state index in [1.807, 2.05) is 0 Å². The summed E-state index contributed by atoms with van der Waals surface area (Å²) in [5, 5.41) is 18.4. The average Bonchev–Trinajstić information content (AvgIpc) is 2.29. The summed E-state index contributed by atoms with van der Waals surface area (Å²) in [6.45, 7) is 4.84. The average molecular weight is 252 g/mol. The standard InChI is InChI=1S/C12H16N2O4/c1-4-14(12(2,3)11(17)18)10(16)8-5-9(15)7-13-6-8/h5-7,15H,4H2,1-3H3,(H,17,18). The molecule has 1 rings (SSSR count). The molecule has 0 fully saturated rings. The van der Waals surface area contributed by atoms with Gasteiger partial charge in [-0.3, -0.25) is 9.78 Å². The first-order chi connectivity index (χ1) is 8.30. The van der Waals surface area contributed by atoms with Crippen LogP contribution >= 0.6 is 0 Å². The first-order valence-corrected chi connectivity index (χ1v) is 5.50. The third-order valence-electron chi connectivity index (χ3n) is 2.73. The van der Waals surface area contributed by atoms with Crippen LogP contribution < -0.4 is 0 Å². The molecule has 98 valence electrons. The van der Waals surface area contributed by atoms with Crippen molar-refractivity contribution in [3.63, 3.8) is 0 Å². The first kappa shape index (κ1) is 14.0. The molecule has 1 aromatic rings. The van der Waals surface area contributed by atoms with E-state index in [0.29, 0.717) is 0 Å². The van der Waals surface area contributed by atoms with Gasteiger partial charge in [0.15, 0.2) is 0 Å². The Morgan fingerprint density at radius 3 is 2.44 bits per heavy atom. The van der Waals surface area contributed by atoms with Crippen molar-refractivity contribution >= 4 is 11.9 Å². The predicted octanol–water partition coefficient (Wildman–Crippen LogP) is 1.11. The lowest BCUT2D eigenvalue weighted by Gasteiger charge is -2.34. The molecule has 0 saturated carbocycles. The van der Waals surface area contributed by atoms with Crippen LogP contribution in [0.2, 0.25) is 0 Å². The van der Waals surface area contributed by atoms with E-state index in [1.54, 1.807) is 6.92 Å². The van der Waals surface area contributed by atoms with E-state index in [2.05, 4.69) is 4.98 Å². The summed E-state index contributed by atoms with van der Waals surface area (Å²) in [6.07, 6.45) is 2.50. The van der Waals surface area contributed by atoms with Crippen LogP contribution in [0.1, 0.15) is 31.1 Å². The molecule has 0 aliphatic heterocycles. The van der Waals surface area contributed by atoms with E-state index in [4.69, 9.17) is 5.11 Å². The van der Waals surface area contributed by atoms with Gasteiger partial charge in [-0.2, -0.15) is 0 Å². The molecular formula is C12H16N2O4. The Labute approximate surface area is 105 Å². The fourth-order valence-corrected chi connectivity index (χ4v) is 1.61. The third-order valence-corrected chi connectivity index (χ3v) is 2.73. The van der Waals surface area contributed by atoms with Crippen molar-refractivity contribution in [2.75, 3.05) is 6.54 Å². The van der Waals surface area contributed by atoms with Crippen molar-refractivity contribution in [3.8, 4) is 5.75 Å². The molecule has 0 saturated heterocycles. The minimum Gasteiger partial charge on any atom is -0.506 e. The summed E-state index contributed by atoms with van der Waals surface area (Å²) in [6, 6.07) is 1.26. The number of hydrogen-bond donors (Lipinski definition) is 2. The normalized spacial score (nSPS) is 11.1. The Morgan fingerprint density at radius 2 is 2.00 bits per heavy atom. The number of aromatic hydroxyl groups is 1. The van der Waals surface area contributed by atoms with E-state index >= 15 is 0 Å². The second-order valence-electron chi connectivity index (χ2n) is 4.35. The smallest absolute Gasteiger partial charge is 0.329 e. The lowest BCUT2D eigenvalue weighted by Crippen LogP contribution is -2.52. The monoisotopic (exact) mass is 252 g/mol. The number of aromatic nitrogens is 1. The van der Waals surface area contributed by atoms with Crippen LogP contribution in [0.15, 0.2) is 18.5 Å². The fraction of sp³-hybridized carbons (Fsp3) is 0.417. The maximum atomic E-state index is 12.2. The van der Waals surface area contributed by atoms with Crippen molar-refractivity contribution < 1.29 is 19.8 Å². The Bertz CT molecular complexity index is 471. The van der Waals surface area contributed by atoms with Gasteiger partial charge in [0.25, 0.3) is 5.91 Å². The van der Waals surface area contributed by atoms with E-state index < -0.39 is 17.4 Å². The zero-order valence-electron chi connectivity index (χ0n) is 10.5. The number of amides is 1. The molecule has 6 nitrogen and oxygen atoms in total. The number of rotatable bonds is 4. The third kappa shape index (κ3) is 2.58. The van der Waals surface area contributed by atoms with Gasteiger partial charge in [-0.1, -0.05) is 0 Å².